The average molecular weight is 504 g/mol. The molecule has 0 saturated carbocycles. The minimum absolute atomic E-state index is 0.0135. The fourth-order valence-electron chi connectivity index (χ4n) is 5.55. The first-order chi connectivity index (χ1) is 16.7. The highest BCUT2D eigenvalue weighted by atomic mass is 32.1. The molecule has 35 heavy (non-hydrogen) atoms. The first-order valence-electron chi connectivity index (χ1n) is 13.1. The van der Waals surface area contributed by atoms with Gasteiger partial charge in [0.25, 0.3) is 0 Å². The molecule has 2 heterocycles. The number of benzene rings is 1. The van der Waals surface area contributed by atoms with Crippen LogP contribution >= 0.6 is 11.3 Å². The predicted molar refractivity (Wildman–Crippen MR) is 146 cm³/mol. The van der Waals surface area contributed by atoms with E-state index < -0.39 is 5.60 Å². The van der Waals surface area contributed by atoms with E-state index in [1.807, 2.05) is 11.9 Å². The number of likely N-dealkylation sites (N-methyl/N-ethyl adjacent to an activating group) is 1. The second kappa shape index (κ2) is 12.5. The second-order valence-electron chi connectivity index (χ2n) is 11.3. The Kier molecular flexibility index (Phi) is 9.99. The molecule has 3 N–H and O–H groups in total. The van der Waals surface area contributed by atoms with Crippen molar-refractivity contribution >= 4 is 27.5 Å². The topological polar surface area (TPSA) is 73.8 Å². The molecule has 1 saturated heterocycles. The molecule has 0 aliphatic carbocycles. The van der Waals surface area contributed by atoms with Gasteiger partial charge in [0.1, 0.15) is 0 Å². The van der Waals surface area contributed by atoms with Crippen molar-refractivity contribution in [2.24, 2.45) is 11.3 Å². The standard InChI is InChI=1S/C28H45N3O3S/c1-27(2,3)18-22(19-29-4)30-26(32)31-15-9-10-21(20-31)28(33,14-6-7-16-34-5)24-11-8-12-25-23(24)13-17-35-25/h8,11-13,17,21-22,29,33H,6-7,9-10,14-16,18-20H2,1-5H3,(H,30,32)/t21-,22+,28+/m1/s1. The lowest BCUT2D eigenvalue weighted by molar-refractivity contribution is -0.0552. The molecule has 1 aromatic heterocycles. The van der Waals surface area contributed by atoms with Gasteiger partial charge in [-0.05, 0) is 79.5 Å². The zero-order valence-corrected chi connectivity index (χ0v) is 23.0. The largest absolute Gasteiger partial charge is 0.385 e. The molecule has 0 unspecified atom stereocenters. The molecule has 1 aromatic carbocycles. The number of ether oxygens (including phenoxy) is 1. The Bertz CT molecular complexity index is 941. The van der Waals surface area contributed by atoms with Crippen molar-refractivity contribution < 1.29 is 14.6 Å². The molecule has 1 fully saturated rings. The molecular formula is C28H45N3O3S. The van der Waals surface area contributed by atoms with Crippen LogP contribution in [0.1, 0.15) is 64.9 Å². The third-order valence-electron chi connectivity index (χ3n) is 7.14. The summed E-state index contributed by atoms with van der Waals surface area (Å²) in [5.41, 5.74) is 0.144. The second-order valence-corrected chi connectivity index (χ2v) is 12.2. The van der Waals surface area contributed by atoms with Gasteiger partial charge in [0, 0.05) is 50.0 Å². The lowest BCUT2D eigenvalue weighted by Crippen LogP contribution is -2.54. The van der Waals surface area contributed by atoms with E-state index in [0.29, 0.717) is 19.6 Å². The van der Waals surface area contributed by atoms with Gasteiger partial charge in [-0.2, -0.15) is 0 Å². The van der Waals surface area contributed by atoms with Gasteiger partial charge in [-0.25, -0.2) is 4.79 Å². The summed E-state index contributed by atoms with van der Waals surface area (Å²) >= 11 is 1.71. The maximum absolute atomic E-state index is 13.3. The Morgan fingerprint density at radius 2 is 2.09 bits per heavy atom. The molecule has 2 aromatic rings. The highest BCUT2D eigenvalue weighted by molar-refractivity contribution is 7.17. The number of hydrogen-bond acceptors (Lipinski definition) is 5. The fourth-order valence-corrected chi connectivity index (χ4v) is 6.36. The van der Waals surface area contributed by atoms with Crippen LogP contribution < -0.4 is 10.6 Å². The van der Waals surface area contributed by atoms with Crippen molar-refractivity contribution in [3.63, 3.8) is 0 Å². The van der Waals surface area contributed by atoms with Gasteiger partial charge in [-0.1, -0.05) is 32.9 Å². The predicted octanol–water partition coefficient (Wildman–Crippen LogP) is 5.35. The number of thiophene rings is 1. The maximum atomic E-state index is 13.3. The number of hydrogen-bond donors (Lipinski definition) is 3. The quantitative estimate of drug-likeness (QED) is 0.361. The van der Waals surface area contributed by atoms with E-state index in [4.69, 9.17) is 4.74 Å². The summed E-state index contributed by atoms with van der Waals surface area (Å²) in [6.45, 7) is 9.33. The number of rotatable bonds is 11. The molecule has 3 atom stereocenters. The summed E-state index contributed by atoms with van der Waals surface area (Å²) in [5.74, 6) is -0.0135. The van der Waals surface area contributed by atoms with E-state index in [-0.39, 0.29) is 23.4 Å². The summed E-state index contributed by atoms with van der Waals surface area (Å²) in [5, 5.41) is 22.1. The van der Waals surface area contributed by atoms with Gasteiger partial charge in [-0.3, -0.25) is 0 Å². The Morgan fingerprint density at radius 1 is 1.29 bits per heavy atom. The summed E-state index contributed by atoms with van der Waals surface area (Å²) in [6, 6.07) is 8.42. The Balaban J connectivity index is 1.80. The van der Waals surface area contributed by atoms with Crippen LogP contribution in [0.5, 0.6) is 0 Å². The molecular weight excluding hydrogens is 458 g/mol. The van der Waals surface area contributed by atoms with Crippen LogP contribution in [-0.4, -0.2) is 62.5 Å². The third kappa shape index (κ3) is 7.42. The number of amides is 2. The number of nitrogens with zero attached hydrogens (tertiary/aromatic N) is 1. The van der Waals surface area contributed by atoms with Gasteiger partial charge in [-0.15, -0.1) is 11.3 Å². The molecule has 1 aliphatic rings. The number of carbonyl (C=O) groups excluding carboxylic acids is 1. The van der Waals surface area contributed by atoms with Crippen molar-refractivity contribution in [1.82, 2.24) is 15.5 Å². The molecule has 0 radical (unpaired) electrons. The minimum Gasteiger partial charge on any atom is -0.385 e. The zero-order chi connectivity index (χ0) is 25.5. The monoisotopic (exact) mass is 503 g/mol. The summed E-state index contributed by atoms with van der Waals surface area (Å²) in [7, 11) is 3.64. The van der Waals surface area contributed by atoms with Gasteiger partial charge in [0.2, 0.25) is 0 Å². The van der Waals surface area contributed by atoms with Crippen LogP contribution in [0, 0.1) is 11.3 Å². The van der Waals surface area contributed by atoms with Crippen molar-refractivity contribution in [3.8, 4) is 0 Å². The number of nitrogens with one attached hydrogen (secondary N) is 2. The normalized spacial score (nSPS) is 19.5. The van der Waals surface area contributed by atoms with E-state index >= 15 is 0 Å². The van der Waals surface area contributed by atoms with E-state index in [9.17, 15) is 9.90 Å². The summed E-state index contributed by atoms with van der Waals surface area (Å²) in [6.07, 6.45) is 5.16. The van der Waals surface area contributed by atoms with Crippen LogP contribution in [0.3, 0.4) is 0 Å². The molecule has 1 aliphatic heterocycles. The van der Waals surface area contributed by atoms with Crippen LogP contribution in [0.15, 0.2) is 29.6 Å². The molecule has 196 valence electrons. The van der Waals surface area contributed by atoms with Gasteiger partial charge in [0.15, 0.2) is 0 Å². The average Bonchev–Trinajstić information content (AvgIpc) is 3.30. The van der Waals surface area contributed by atoms with Crippen LogP contribution in [0.4, 0.5) is 4.79 Å². The first-order valence-corrected chi connectivity index (χ1v) is 13.9. The van der Waals surface area contributed by atoms with E-state index in [1.165, 1.54) is 4.70 Å². The molecule has 3 rings (SSSR count). The van der Waals surface area contributed by atoms with Crippen molar-refractivity contribution in [2.45, 2.75) is 70.9 Å². The Hall–Kier alpha value is -1.67. The van der Waals surface area contributed by atoms with Crippen molar-refractivity contribution in [2.75, 3.05) is 40.4 Å². The van der Waals surface area contributed by atoms with Gasteiger partial charge in [0.05, 0.1) is 5.60 Å². The molecule has 0 bridgehead atoms. The number of urea groups is 1. The molecule has 6 nitrogen and oxygen atoms in total. The van der Waals surface area contributed by atoms with Crippen LogP contribution in [0.2, 0.25) is 0 Å². The van der Waals surface area contributed by atoms with Gasteiger partial charge >= 0.3 is 6.03 Å². The van der Waals surface area contributed by atoms with Gasteiger partial charge < -0.3 is 25.4 Å². The Labute approximate surface area is 215 Å². The lowest BCUT2D eigenvalue weighted by atomic mass is 9.73. The SMILES string of the molecule is CNC[C@H](CC(C)(C)C)NC(=O)N1CCC[C@@H]([C@@](O)(CCCCOC)c2cccc3sccc23)C1. The first kappa shape index (κ1) is 27.9. The maximum Gasteiger partial charge on any atom is 0.317 e. The smallest absolute Gasteiger partial charge is 0.317 e. The fraction of sp³-hybridized carbons (Fsp3) is 0.679. The minimum atomic E-state index is -0.983. The summed E-state index contributed by atoms with van der Waals surface area (Å²) in [4.78, 5) is 15.3. The zero-order valence-electron chi connectivity index (χ0n) is 22.2. The lowest BCUT2D eigenvalue weighted by Gasteiger charge is -2.43. The van der Waals surface area contributed by atoms with Crippen molar-refractivity contribution in [3.05, 3.63) is 35.2 Å². The number of piperidine rings is 1. The van der Waals surface area contributed by atoms with E-state index in [0.717, 1.165) is 56.1 Å². The number of methoxy groups -OCH3 is 1. The summed E-state index contributed by atoms with van der Waals surface area (Å²) < 4.78 is 6.45. The molecule has 7 heteroatoms. The number of fused-ring (bicyclic) bond motifs is 1. The number of aliphatic hydroxyl groups is 1. The highest BCUT2D eigenvalue weighted by Gasteiger charge is 2.42. The number of carbonyl (C=O) groups is 1. The van der Waals surface area contributed by atoms with Crippen molar-refractivity contribution in [1.29, 1.82) is 0 Å². The van der Waals surface area contributed by atoms with E-state index in [1.54, 1.807) is 18.4 Å². The van der Waals surface area contributed by atoms with E-state index in [2.05, 4.69) is 61.1 Å². The highest BCUT2D eigenvalue weighted by Crippen LogP contribution is 2.43. The molecule has 0 spiro atoms. The number of likely N-dealkylation sites (tertiary alicyclic amines) is 1. The Morgan fingerprint density at radius 3 is 2.80 bits per heavy atom. The third-order valence-corrected chi connectivity index (χ3v) is 8.02. The van der Waals surface area contributed by atoms with Crippen LogP contribution in [0.25, 0.3) is 10.1 Å². The number of unbranched alkanes of at least 4 members (excludes halogenated alkanes) is 1. The van der Waals surface area contributed by atoms with Crippen LogP contribution in [-0.2, 0) is 10.3 Å². The molecule has 2 amide bonds.